The van der Waals surface area contributed by atoms with Crippen LogP contribution in [0.15, 0.2) is 54.6 Å². The standard InChI is InChI=1S/C17H17N5O/c1-13-19-20-21-22(13)16-9-5-8-15(12-16)17(23)18-11-10-14-6-3-2-4-7-14/h2-9,12H,10-11H2,1H3,(H,18,23). The quantitative estimate of drug-likeness (QED) is 0.782. The van der Waals surface area contributed by atoms with Crippen LogP contribution in [-0.4, -0.2) is 32.7 Å². The average Bonchev–Trinajstić information content (AvgIpc) is 3.02. The molecule has 6 nitrogen and oxygen atoms in total. The van der Waals surface area contributed by atoms with Gasteiger partial charge in [-0.3, -0.25) is 4.79 Å². The van der Waals surface area contributed by atoms with Gasteiger partial charge in [-0.15, -0.1) is 5.10 Å². The van der Waals surface area contributed by atoms with Crippen LogP contribution in [0, 0.1) is 6.92 Å². The molecule has 0 bridgehead atoms. The number of rotatable bonds is 5. The van der Waals surface area contributed by atoms with Gasteiger partial charge in [0.15, 0.2) is 5.82 Å². The molecule has 2 aromatic carbocycles. The lowest BCUT2D eigenvalue weighted by Crippen LogP contribution is -2.25. The van der Waals surface area contributed by atoms with Gasteiger partial charge in [0.2, 0.25) is 0 Å². The molecule has 23 heavy (non-hydrogen) atoms. The van der Waals surface area contributed by atoms with Crippen LogP contribution in [0.25, 0.3) is 5.69 Å². The minimum atomic E-state index is -0.103. The van der Waals surface area contributed by atoms with E-state index in [1.807, 2.05) is 49.4 Å². The summed E-state index contributed by atoms with van der Waals surface area (Å²) in [6, 6.07) is 17.3. The number of carbonyl (C=O) groups excluding carboxylic acids is 1. The van der Waals surface area contributed by atoms with Crippen molar-refractivity contribution in [3.63, 3.8) is 0 Å². The van der Waals surface area contributed by atoms with Gasteiger partial charge >= 0.3 is 0 Å². The zero-order valence-corrected chi connectivity index (χ0v) is 12.8. The van der Waals surface area contributed by atoms with Gasteiger partial charge in [-0.1, -0.05) is 36.4 Å². The summed E-state index contributed by atoms with van der Waals surface area (Å²) >= 11 is 0. The molecule has 1 amide bonds. The summed E-state index contributed by atoms with van der Waals surface area (Å²) in [6.07, 6.45) is 0.804. The smallest absolute Gasteiger partial charge is 0.251 e. The average molecular weight is 307 g/mol. The Morgan fingerprint density at radius 3 is 2.70 bits per heavy atom. The summed E-state index contributed by atoms with van der Waals surface area (Å²) in [5, 5.41) is 14.3. The van der Waals surface area contributed by atoms with Crippen molar-refractivity contribution in [1.29, 1.82) is 0 Å². The number of aromatic nitrogens is 4. The number of nitrogens with one attached hydrogen (secondary N) is 1. The van der Waals surface area contributed by atoms with Crippen LogP contribution in [0.1, 0.15) is 21.7 Å². The van der Waals surface area contributed by atoms with Crippen molar-refractivity contribution in [2.45, 2.75) is 13.3 Å². The maximum atomic E-state index is 12.3. The Kier molecular flexibility index (Phi) is 4.42. The highest BCUT2D eigenvalue weighted by Crippen LogP contribution is 2.10. The minimum Gasteiger partial charge on any atom is -0.352 e. The molecule has 116 valence electrons. The molecule has 1 N–H and O–H groups in total. The first-order valence-electron chi connectivity index (χ1n) is 7.41. The molecule has 1 heterocycles. The zero-order valence-electron chi connectivity index (χ0n) is 12.8. The van der Waals surface area contributed by atoms with Crippen LogP contribution in [0.2, 0.25) is 0 Å². The van der Waals surface area contributed by atoms with E-state index in [9.17, 15) is 4.79 Å². The van der Waals surface area contributed by atoms with Crippen molar-refractivity contribution < 1.29 is 4.79 Å². The number of benzene rings is 2. The van der Waals surface area contributed by atoms with E-state index in [0.717, 1.165) is 12.1 Å². The molecule has 0 aliphatic carbocycles. The highest BCUT2D eigenvalue weighted by Gasteiger charge is 2.09. The van der Waals surface area contributed by atoms with E-state index >= 15 is 0 Å². The minimum absolute atomic E-state index is 0.103. The third kappa shape index (κ3) is 3.60. The summed E-state index contributed by atoms with van der Waals surface area (Å²) in [5.74, 6) is 0.570. The van der Waals surface area contributed by atoms with Gasteiger partial charge in [0.25, 0.3) is 5.91 Å². The molecule has 0 aliphatic heterocycles. The predicted octanol–water partition coefficient (Wildman–Crippen LogP) is 1.94. The second kappa shape index (κ2) is 6.83. The summed E-state index contributed by atoms with van der Waals surface area (Å²) in [4.78, 5) is 12.3. The van der Waals surface area contributed by atoms with Gasteiger partial charge in [-0.25, -0.2) is 0 Å². The topological polar surface area (TPSA) is 72.7 Å². The SMILES string of the molecule is Cc1nnnn1-c1cccc(C(=O)NCCc2ccccc2)c1. The third-order valence-electron chi connectivity index (χ3n) is 3.52. The Morgan fingerprint density at radius 2 is 1.96 bits per heavy atom. The number of aryl methyl sites for hydroxylation is 1. The fourth-order valence-electron chi connectivity index (χ4n) is 2.32. The molecule has 0 saturated carbocycles. The van der Waals surface area contributed by atoms with E-state index in [4.69, 9.17) is 0 Å². The van der Waals surface area contributed by atoms with Crippen molar-refractivity contribution >= 4 is 5.91 Å². The first-order chi connectivity index (χ1) is 11.2. The molecule has 0 saturated heterocycles. The van der Waals surface area contributed by atoms with Gasteiger partial charge < -0.3 is 5.32 Å². The molecular weight excluding hydrogens is 290 g/mol. The molecule has 0 spiro atoms. The largest absolute Gasteiger partial charge is 0.352 e. The van der Waals surface area contributed by atoms with Crippen LogP contribution in [-0.2, 0) is 6.42 Å². The summed E-state index contributed by atoms with van der Waals surface area (Å²) in [5.41, 5.74) is 2.56. The van der Waals surface area contributed by atoms with Gasteiger partial charge in [0, 0.05) is 12.1 Å². The molecular formula is C17H17N5O. The number of hydrogen-bond donors (Lipinski definition) is 1. The fourth-order valence-corrected chi connectivity index (χ4v) is 2.32. The Balaban J connectivity index is 1.65. The van der Waals surface area contributed by atoms with E-state index in [1.54, 1.807) is 16.8 Å². The van der Waals surface area contributed by atoms with E-state index < -0.39 is 0 Å². The highest BCUT2D eigenvalue weighted by atomic mass is 16.1. The second-order valence-electron chi connectivity index (χ2n) is 5.18. The number of nitrogens with zero attached hydrogens (tertiary/aromatic N) is 4. The molecule has 0 radical (unpaired) electrons. The van der Waals surface area contributed by atoms with E-state index in [-0.39, 0.29) is 5.91 Å². The first kappa shape index (κ1) is 14.9. The van der Waals surface area contributed by atoms with Gasteiger partial charge in [0.1, 0.15) is 0 Å². The van der Waals surface area contributed by atoms with Crippen LogP contribution in [0.5, 0.6) is 0 Å². The number of tetrazole rings is 1. The molecule has 1 aromatic heterocycles. The van der Waals surface area contributed by atoms with Gasteiger partial charge in [0.05, 0.1) is 5.69 Å². The molecule has 0 unspecified atom stereocenters. The molecule has 3 aromatic rings. The second-order valence-corrected chi connectivity index (χ2v) is 5.18. The van der Waals surface area contributed by atoms with Crippen molar-refractivity contribution in [3.8, 4) is 5.69 Å². The summed E-state index contributed by atoms with van der Waals surface area (Å²) in [7, 11) is 0. The Labute approximate surface area is 134 Å². The maximum Gasteiger partial charge on any atom is 0.251 e. The number of hydrogen-bond acceptors (Lipinski definition) is 4. The Hall–Kier alpha value is -3.02. The highest BCUT2D eigenvalue weighted by molar-refractivity contribution is 5.94. The van der Waals surface area contributed by atoms with Gasteiger partial charge in [-0.05, 0) is 47.5 Å². The van der Waals surface area contributed by atoms with Gasteiger partial charge in [-0.2, -0.15) is 4.68 Å². The lowest BCUT2D eigenvalue weighted by Gasteiger charge is -2.07. The van der Waals surface area contributed by atoms with Crippen LogP contribution < -0.4 is 5.32 Å². The molecule has 0 atom stereocenters. The third-order valence-corrected chi connectivity index (χ3v) is 3.52. The zero-order chi connectivity index (χ0) is 16.1. The van der Waals surface area contributed by atoms with E-state index in [0.29, 0.717) is 17.9 Å². The Bertz CT molecular complexity index is 798. The number of amides is 1. The molecule has 6 heteroatoms. The molecule has 3 rings (SSSR count). The van der Waals surface area contributed by atoms with E-state index in [1.165, 1.54) is 5.56 Å². The first-order valence-corrected chi connectivity index (χ1v) is 7.41. The fraction of sp³-hybridized carbons (Fsp3) is 0.176. The maximum absolute atomic E-state index is 12.3. The van der Waals surface area contributed by atoms with Crippen LogP contribution >= 0.6 is 0 Å². The molecule has 0 aliphatic rings. The summed E-state index contributed by atoms with van der Waals surface area (Å²) in [6.45, 7) is 2.41. The van der Waals surface area contributed by atoms with Crippen molar-refractivity contribution in [2.75, 3.05) is 6.54 Å². The summed E-state index contributed by atoms with van der Waals surface area (Å²) < 4.78 is 1.60. The van der Waals surface area contributed by atoms with Crippen molar-refractivity contribution in [1.82, 2.24) is 25.5 Å². The predicted molar refractivity (Wildman–Crippen MR) is 86.4 cm³/mol. The lowest BCUT2D eigenvalue weighted by atomic mass is 10.1. The Morgan fingerprint density at radius 1 is 1.13 bits per heavy atom. The van der Waals surface area contributed by atoms with E-state index in [2.05, 4.69) is 20.8 Å². The molecule has 0 fully saturated rings. The lowest BCUT2D eigenvalue weighted by molar-refractivity contribution is 0.0954. The normalized spacial score (nSPS) is 10.5. The van der Waals surface area contributed by atoms with Crippen molar-refractivity contribution in [2.24, 2.45) is 0 Å². The van der Waals surface area contributed by atoms with Crippen LogP contribution in [0.3, 0.4) is 0 Å². The number of carbonyl (C=O) groups is 1. The van der Waals surface area contributed by atoms with Crippen LogP contribution in [0.4, 0.5) is 0 Å². The van der Waals surface area contributed by atoms with Crippen molar-refractivity contribution in [3.05, 3.63) is 71.5 Å². The monoisotopic (exact) mass is 307 g/mol.